The lowest BCUT2D eigenvalue weighted by atomic mass is 10.1. The van der Waals surface area contributed by atoms with Gasteiger partial charge in [0.25, 0.3) is 0 Å². The summed E-state index contributed by atoms with van der Waals surface area (Å²) in [4.78, 5) is 31.9. The number of nitrogens with zero attached hydrogens (tertiary/aromatic N) is 2. The number of halogens is 3. The summed E-state index contributed by atoms with van der Waals surface area (Å²) in [7, 11) is 3.11. The number of alkyl halides is 3. The maximum absolute atomic E-state index is 13.6. The van der Waals surface area contributed by atoms with Crippen LogP contribution in [0, 0.1) is 6.92 Å². The fourth-order valence-electron chi connectivity index (χ4n) is 4.25. The Morgan fingerprint density at radius 3 is 2.32 bits per heavy atom. The summed E-state index contributed by atoms with van der Waals surface area (Å²) in [5.74, 6) is 0.883. The van der Waals surface area contributed by atoms with Crippen molar-refractivity contribution in [3.8, 4) is 11.5 Å². The maximum atomic E-state index is 13.6. The number of unbranched alkanes of at least 4 members (excludes halogenated alkanes) is 1. The molecule has 0 unspecified atom stereocenters. The average molecular weight is 592 g/mol. The smallest absolute Gasteiger partial charge is 0.418 e. The highest BCUT2D eigenvalue weighted by molar-refractivity contribution is 7.11. The summed E-state index contributed by atoms with van der Waals surface area (Å²) in [6.07, 6.45) is -2.77. The van der Waals surface area contributed by atoms with Crippen molar-refractivity contribution in [1.29, 1.82) is 0 Å². The first-order chi connectivity index (χ1) is 19.5. The number of ether oxygens (including phenoxy) is 2. The summed E-state index contributed by atoms with van der Waals surface area (Å²) < 4.78 is 51.2. The number of carbonyl (C=O) groups is 2. The van der Waals surface area contributed by atoms with E-state index in [1.165, 1.54) is 23.1 Å². The number of amides is 3. The molecule has 0 saturated heterocycles. The highest BCUT2D eigenvalue weighted by Crippen LogP contribution is 2.34. The van der Waals surface area contributed by atoms with Gasteiger partial charge in [-0.3, -0.25) is 4.79 Å². The molecule has 3 aromatic rings. The quantitative estimate of drug-likeness (QED) is 0.232. The molecule has 0 aliphatic rings. The van der Waals surface area contributed by atoms with E-state index in [9.17, 15) is 22.8 Å². The van der Waals surface area contributed by atoms with E-state index in [0.717, 1.165) is 27.8 Å². The number of para-hydroxylation sites is 1. The van der Waals surface area contributed by atoms with Crippen LogP contribution < -0.4 is 14.8 Å². The van der Waals surface area contributed by atoms with Gasteiger partial charge in [0.05, 0.1) is 32.0 Å². The third-order valence-corrected chi connectivity index (χ3v) is 7.47. The Morgan fingerprint density at radius 1 is 0.951 bits per heavy atom. The topological polar surface area (TPSA) is 71.1 Å². The van der Waals surface area contributed by atoms with Gasteiger partial charge in [0.1, 0.15) is 6.54 Å². The molecular weight excluding hydrogens is 555 g/mol. The maximum Gasteiger partial charge on any atom is 0.418 e. The molecule has 222 valence electrons. The zero-order valence-electron chi connectivity index (χ0n) is 23.7. The molecule has 41 heavy (non-hydrogen) atoms. The van der Waals surface area contributed by atoms with Crippen molar-refractivity contribution in [3.63, 3.8) is 0 Å². The second-order valence-electron chi connectivity index (χ2n) is 9.52. The van der Waals surface area contributed by atoms with E-state index >= 15 is 0 Å². The Morgan fingerprint density at radius 2 is 1.68 bits per heavy atom. The fourth-order valence-corrected chi connectivity index (χ4v) is 5.15. The van der Waals surface area contributed by atoms with Crippen LogP contribution in [-0.4, -0.2) is 55.6 Å². The Balaban J connectivity index is 1.80. The number of anilines is 1. The molecule has 2 aromatic carbocycles. The van der Waals surface area contributed by atoms with Crippen LogP contribution in [0.2, 0.25) is 0 Å². The molecule has 3 amide bonds. The van der Waals surface area contributed by atoms with Crippen molar-refractivity contribution in [2.45, 2.75) is 45.8 Å². The van der Waals surface area contributed by atoms with Gasteiger partial charge in [0.15, 0.2) is 11.5 Å². The zero-order chi connectivity index (χ0) is 30.0. The van der Waals surface area contributed by atoms with Crippen molar-refractivity contribution >= 4 is 29.0 Å². The Hall–Kier alpha value is -3.73. The molecule has 1 heterocycles. The number of benzene rings is 2. The van der Waals surface area contributed by atoms with E-state index in [-0.39, 0.29) is 24.7 Å². The molecule has 11 heteroatoms. The van der Waals surface area contributed by atoms with Crippen LogP contribution in [0.1, 0.15) is 40.6 Å². The molecule has 0 bridgehead atoms. The number of rotatable bonds is 13. The summed E-state index contributed by atoms with van der Waals surface area (Å²) in [6.45, 7) is 4.60. The Labute approximate surface area is 242 Å². The van der Waals surface area contributed by atoms with Crippen molar-refractivity contribution < 1.29 is 32.2 Å². The van der Waals surface area contributed by atoms with E-state index in [1.807, 2.05) is 38.1 Å². The Bertz CT molecular complexity index is 1310. The van der Waals surface area contributed by atoms with Gasteiger partial charge >= 0.3 is 12.2 Å². The van der Waals surface area contributed by atoms with E-state index in [4.69, 9.17) is 9.47 Å². The first-order valence-electron chi connectivity index (χ1n) is 13.3. The Kier molecular flexibility index (Phi) is 11.5. The largest absolute Gasteiger partial charge is 0.493 e. The predicted molar refractivity (Wildman–Crippen MR) is 155 cm³/mol. The highest BCUT2D eigenvalue weighted by atomic mass is 32.1. The number of aryl methyl sites for hydroxylation is 1. The number of nitrogens with one attached hydrogen (secondary N) is 1. The van der Waals surface area contributed by atoms with Gasteiger partial charge in [-0.1, -0.05) is 31.5 Å². The van der Waals surface area contributed by atoms with E-state index in [1.54, 1.807) is 36.5 Å². The van der Waals surface area contributed by atoms with Crippen molar-refractivity contribution in [1.82, 2.24) is 9.80 Å². The highest BCUT2D eigenvalue weighted by Gasteiger charge is 2.34. The molecular formula is C30H36F3N3O4S. The van der Waals surface area contributed by atoms with Gasteiger partial charge in [-0.05, 0) is 61.7 Å². The van der Waals surface area contributed by atoms with Crippen LogP contribution in [0.15, 0.2) is 54.6 Å². The van der Waals surface area contributed by atoms with Gasteiger partial charge in [0, 0.05) is 22.8 Å². The molecule has 0 atom stereocenters. The summed E-state index contributed by atoms with van der Waals surface area (Å²) in [6, 6.07) is 13.6. The van der Waals surface area contributed by atoms with Crippen molar-refractivity contribution in [3.05, 3.63) is 75.5 Å². The summed E-state index contributed by atoms with van der Waals surface area (Å²) in [5, 5.41) is 2.38. The second-order valence-corrected chi connectivity index (χ2v) is 10.9. The fraction of sp³-hybridized carbons (Fsp3) is 0.400. The molecule has 0 radical (unpaired) electrons. The van der Waals surface area contributed by atoms with Crippen LogP contribution in [-0.2, 0) is 23.9 Å². The molecule has 0 spiro atoms. The number of carbonyl (C=O) groups excluding carboxylic acids is 2. The van der Waals surface area contributed by atoms with Crippen molar-refractivity contribution in [2.24, 2.45) is 0 Å². The predicted octanol–water partition coefficient (Wildman–Crippen LogP) is 7.00. The third-order valence-electron chi connectivity index (χ3n) is 6.48. The molecule has 0 saturated carbocycles. The molecule has 1 N–H and O–H groups in total. The van der Waals surface area contributed by atoms with Gasteiger partial charge in [-0.2, -0.15) is 13.2 Å². The third kappa shape index (κ3) is 9.14. The minimum atomic E-state index is -4.63. The number of hydrogen-bond acceptors (Lipinski definition) is 5. The molecule has 7 nitrogen and oxygen atoms in total. The van der Waals surface area contributed by atoms with Crippen LogP contribution in [0.5, 0.6) is 11.5 Å². The summed E-state index contributed by atoms with van der Waals surface area (Å²) >= 11 is 1.58. The number of thiophene rings is 1. The van der Waals surface area contributed by atoms with Gasteiger partial charge < -0.3 is 24.6 Å². The number of methoxy groups -OCH3 is 2. The van der Waals surface area contributed by atoms with Crippen molar-refractivity contribution in [2.75, 3.05) is 39.2 Å². The minimum absolute atomic E-state index is 0.226. The monoisotopic (exact) mass is 591 g/mol. The van der Waals surface area contributed by atoms with Crippen LogP contribution in [0.3, 0.4) is 0 Å². The first kappa shape index (κ1) is 31.8. The summed E-state index contributed by atoms with van der Waals surface area (Å²) in [5.41, 5.74) is -0.356. The SMILES string of the molecule is CCCCN(CC(=O)N(CCc1ccc(OC)c(OC)c1)Cc1ccc(C)s1)C(=O)Nc1ccccc1C(F)(F)F. The van der Waals surface area contributed by atoms with E-state index in [0.29, 0.717) is 37.4 Å². The standard InChI is InChI=1S/C30H36F3N3O4S/c1-5-6-16-36(29(38)34-25-10-8-7-9-24(25)30(31,32)33)20-28(37)35(19-23-13-11-21(2)41-23)17-15-22-12-14-26(39-3)27(18-22)40-4/h7-14,18H,5-6,15-17,19-20H2,1-4H3,(H,34,38). The first-order valence-corrected chi connectivity index (χ1v) is 14.1. The normalized spacial score (nSPS) is 11.2. The lowest BCUT2D eigenvalue weighted by Gasteiger charge is -2.28. The average Bonchev–Trinajstić information content (AvgIpc) is 3.36. The van der Waals surface area contributed by atoms with E-state index in [2.05, 4.69) is 5.32 Å². The van der Waals surface area contributed by atoms with Crippen LogP contribution in [0.4, 0.5) is 23.7 Å². The second kappa shape index (κ2) is 14.8. The zero-order valence-corrected chi connectivity index (χ0v) is 24.5. The van der Waals surface area contributed by atoms with Gasteiger partial charge in [-0.25, -0.2) is 4.79 Å². The lowest BCUT2D eigenvalue weighted by molar-refractivity contribution is -0.137. The molecule has 1 aromatic heterocycles. The number of hydrogen-bond donors (Lipinski definition) is 1. The molecule has 3 rings (SSSR count). The lowest BCUT2D eigenvalue weighted by Crippen LogP contribution is -2.45. The van der Waals surface area contributed by atoms with E-state index < -0.39 is 17.8 Å². The van der Waals surface area contributed by atoms with Gasteiger partial charge in [0.2, 0.25) is 5.91 Å². The molecule has 0 aliphatic heterocycles. The molecule has 0 fully saturated rings. The van der Waals surface area contributed by atoms with Crippen LogP contribution in [0.25, 0.3) is 0 Å². The van der Waals surface area contributed by atoms with Crippen LogP contribution >= 0.6 is 11.3 Å². The minimum Gasteiger partial charge on any atom is -0.493 e. The van der Waals surface area contributed by atoms with Gasteiger partial charge in [-0.15, -0.1) is 11.3 Å². The number of urea groups is 1. The molecule has 0 aliphatic carbocycles.